The molecule has 120 valence electrons. The van der Waals surface area contributed by atoms with Crippen LogP contribution in [-0.2, 0) is 6.42 Å². The number of carbonyl (C=O) groups is 1. The zero-order valence-corrected chi connectivity index (χ0v) is 13.7. The Bertz CT molecular complexity index is 679. The Morgan fingerprint density at radius 1 is 1.13 bits per heavy atom. The highest BCUT2D eigenvalue weighted by Gasteiger charge is 2.25. The summed E-state index contributed by atoms with van der Waals surface area (Å²) >= 11 is 5.93. The summed E-state index contributed by atoms with van der Waals surface area (Å²) in [4.78, 5) is 14.4. The van der Waals surface area contributed by atoms with Crippen molar-refractivity contribution >= 4 is 17.5 Å². The highest BCUT2D eigenvalue weighted by Crippen LogP contribution is 2.26. The molecule has 2 aromatic carbocycles. The van der Waals surface area contributed by atoms with Crippen molar-refractivity contribution in [3.8, 4) is 5.75 Å². The van der Waals surface area contributed by atoms with E-state index in [1.165, 1.54) is 17.7 Å². The molecule has 0 radical (unpaired) electrons. The number of nitrogens with zero attached hydrogens (tertiary/aromatic N) is 1. The van der Waals surface area contributed by atoms with Crippen LogP contribution in [0.1, 0.15) is 28.8 Å². The van der Waals surface area contributed by atoms with Gasteiger partial charge in [0.05, 0.1) is 5.56 Å². The Hall–Kier alpha value is -2.00. The van der Waals surface area contributed by atoms with Crippen LogP contribution in [0.3, 0.4) is 0 Å². The molecule has 0 unspecified atom stereocenters. The van der Waals surface area contributed by atoms with Crippen LogP contribution < -0.4 is 0 Å². The lowest BCUT2D eigenvalue weighted by atomic mass is 9.90. The Labute approximate surface area is 141 Å². The number of hydrogen-bond acceptors (Lipinski definition) is 2. The third-order valence-electron chi connectivity index (χ3n) is 4.46. The Morgan fingerprint density at radius 2 is 1.83 bits per heavy atom. The smallest absolute Gasteiger partial charge is 0.257 e. The third-order valence-corrected chi connectivity index (χ3v) is 4.69. The van der Waals surface area contributed by atoms with Gasteiger partial charge < -0.3 is 10.0 Å². The normalized spacial score (nSPS) is 15.6. The molecule has 0 aromatic heterocycles. The van der Waals surface area contributed by atoms with E-state index < -0.39 is 0 Å². The minimum Gasteiger partial charge on any atom is -0.507 e. The summed E-state index contributed by atoms with van der Waals surface area (Å²) in [6.07, 6.45) is 3.04. The van der Waals surface area contributed by atoms with E-state index in [1.54, 1.807) is 6.07 Å². The van der Waals surface area contributed by atoms with Crippen molar-refractivity contribution in [3.63, 3.8) is 0 Å². The van der Waals surface area contributed by atoms with Gasteiger partial charge in [-0.15, -0.1) is 0 Å². The molecule has 1 saturated heterocycles. The average Bonchev–Trinajstić information content (AvgIpc) is 2.58. The second-order valence-electron chi connectivity index (χ2n) is 6.09. The fourth-order valence-corrected chi connectivity index (χ4v) is 3.31. The van der Waals surface area contributed by atoms with Crippen LogP contribution in [0.15, 0.2) is 48.5 Å². The van der Waals surface area contributed by atoms with Gasteiger partial charge in [-0.1, -0.05) is 41.9 Å². The van der Waals surface area contributed by atoms with E-state index in [-0.39, 0.29) is 11.7 Å². The van der Waals surface area contributed by atoms with Crippen LogP contribution >= 0.6 is 11.6 Å². The zero-order valence-electron chi connectivity index (χ0n) is 12.9. The lowest BCUT2D eigenvalue weighted by molar-refractivity contribution is 0.0687. The first-order chi connectivity index (χ1) is 11.1. The van der Waals surface area contributed by atoms with Crippen LogP contribution in [-0.4, -0.2) is 29.0 Å². The number of hydrogen-bond donors (Lipinski definition) is 1. The maximum absolute atomic E-state index is 12.5. The quantitative estimate of drug-likeness (QED) is 0.919. The van der Waals surface area contributed by atoms with Gasteiger partial charge in [-0.25, -0.2) is 0 Å². The van der Waals surface area contributed by atoms with E-state index in [9.17, 15) is 9.90 Å². The van der Waals surface area contributed by atoms with Gasteiger partial charge in [0.25, 0.3) is 5.91 Å². The molecule has 4 heteroatoms. The highest BCUT2D eigenvalue weighted by atomic mass is 35.5. The van der Waals surface area contributed by atoms with Crippen molar-refractivity contribution < 1.29 is 9.90 Å². The molecule has 1 aliphatic rings. The van der Waals surface area contributed by atoms with E-state index in [2.05, 4.69) is 24.3 Å². The maximum atomic E-state index is 12.5. The molecular formula is C19H20ClNO2. The van der Waals surface area contributed by atoms with Crippen LogP contribution in [0.5, 0.6) is 5.75 Å². The number of amides is 1. The second kappa shape index (κ2) is 7.05. The third kappa shape index (κ3) is 3.85. The van der Waals surface area contributed by atoms with E-state index >= 15 is 0 Å². The number of halogens is 1. The van der Waals surface area contributed by atoms with Gasteiger partial charge in [-0.3, -0.25) is 4.79 Å². The van der Waals surface area contributed by atoms with Gasteiger partial charge in [0.15, 0.2) is 0 Å². The zero-order chi connectivity index (χ0) is 16.2. The molecule has 0 bridgehead atoms. The second-order valence-corrected chi connectivity index (χ2v) is 6.52. The van der Waals surface area contributed by atoms with E-state index in [0.717, 1.165) is 32.4 Å². The fraction of sp³-hybridized carbons (Fsp3) is 0.316. The Kier molecular flexibility index (Phi) is 4.87. The van der Waals surface area contributed by atoms with Crippen LogP contribution in [0.2, 0.25) is 5.02 Å². The fourth-order valence-electron chi connectivity index (χ4n) is 3.14. The van der Waals surface area contributed by atoms with Gasteiger partial charge in [0.2, 0.25) is 0 Å². The van der Waals surface area contributed by atoms with Gasteiger partial charge in [-0.2, -0.15) is 0 Å². The van der Waals surface area contributed by atoms with Crippen molar-refractivity contribution in [1.29, 1.82) is 0 Å². The minimum atomic E-state index is -0.136. The van der Waals surface area contributed by atoms with Crippen molar-refractivity contribution in [3.05, 3.63) is 64.7 Å². The summed E-state index contributed by atoms with van der Waals surface area (Å²) in [6.45, 7) is 1.45. The predicted molar refractivity (Wildman–Crippen MR) is 91.9 cm³/mol. The highest BCUT2D eigenvalue weighted by molar-refractivity contribution is 6.31. The molecule has 1 amide bonds. The van der Waals surface area contributed by atoms with Gasteiger partial charge in [0.1, 0.15) is 5.75 Å². The summed E-state index contributed by atoms with van der Waals surface area (Å²) in [5.74, 6) is 0.461. The number of carbonyl (C=O) groups excluding carboxylic acids is 1. The summed E-state index contributed by atoms with van der Waals surface area (Å²) in [5.41, 5.74) is 1.64. The van der Waals surface area contributed by atoms with E-state index in [1.807, 2.05) is 11.0 Å². The molecule has 0 spiro atoms. The molecule has 2 aromatic rings. The number of rotatable bonds is 3. The molecule has 3 rings (SSSR count). The molecule has 1 N–H and O–H groups in total. The number of phenols is 1. The van der Waals surface area contributed by atoms with Gasteiger partial charge in [-0.05, 0) is 48.9 Å². The molecule has 0 saturated carbocycles. The van der Waals surface area contributed by atoms with Crippen LogP contribution in [0.25, 0.3) is 0 Å². The summed E-state index contributed by atoms with van der Waals surface area (Å²) in [6, 6.07) is 15.1. The largest absolute Gasteiger partial charge is 0.507 e. The first kappa shape index (κ1) is 15.9. The van der Waals surface area contributed by atoms with Crippen LogP contribution in [0, 0.1) is 5.92 Å². The van der Waals surface area contributed by atoms with Crippen molar-refractivity contribution in [1.82, 2.24) is 4.90 Å². The van der Waals surface area contributed by atoms with Gasteiger partial charge >= 0.3 is 0 Å². The molecular weight excluding hydrogens is 310 g/mol. The lowest BCUT2D eigenvalue weighted by Crippen LogP contribution is -2.38. The molecule has 1 heterocycles. The molecule has 23 heavy (non-hydrogen) atoms. The first-order valence-electron chi connectivity index (χ1n) is 7.95. The molecule has 3 nitrogen and oxygen atoms in total. The number of likely N-dealkylation sites (tertiary alicyclic amines) is 1. The monoisotopic (exact) mass is 329 g/mol. The molecule has 0 atom stereocenters. The van der Waals surface area contributed by atoms with Crippen molar-refractivity contribution in [2.24, 2.45) is 5.92 Å². The predicted octanol–water partition coefficient (Wildman–Crippen LogP) is 4.14. The van der Waals surface area contributed by atoms with E-state index in [4.69, 9.17) is 11.6 Å². The summed E-state index contributed by atoms with van der Waals surface area (Å²) in [5, 5.41) is 10.3. The molecule has 0 aliphatic carbocycles. The standard InChI is InChI=1S/C19H20ClNO2/c20-16-6-7-18(22)17(13-16)19(23)21-10-8-15(9-11-21)12-14-4-2-1-3-5-14/h1-7,13,15,22H,8-12H2. The Balaban J connectivity index is 1.60. The number of phenolic OH excluding ortho intramolecular Hbond substituents is 1. The number of aromatic hydroxyl groups is 1. The van der Waals surface area contributed by atoms with Gasteiger partial charge in [0, 0.05) is 18.1 Å². The minimum absolute atomic E-state index is 0.00851. The summed E-state index contributed by atoms with van der Waals surface area (Å²) in [7, 11) is 0. The summed E-state index contributed by atoms with van der Waals surface area (Å²) < 4.78 is 0. The first-order valence-corrected chi connectivity index (χ1v) is 8.33. The average molecular weight is 330 g/mol. The lowest BCUT2D eigenvalue weighted by Gasteiger charge is -2.32. The molecule has 1 aliphatic heterocycles. The van der Waals surface area contributed by atoms with Crippen LogP contribution in [0.4, 0.5) is 0 Å². The van der Waals surface area contributed by atoms with E-state index in [0.29, 0.717) is 16.5 Å². The molecule has 1 fully saturated rings. The number of benzene rings is 2. The topological polar surface area (TPSA) is 40.5 Å². The maximum Gasteiger partial charge on any atom is 0.257 e. The van der Waals surface area contributed by atoms with Crippen molar-refractivity contribution in [2.45, 2.75) is 19.3 Å². The number of piperidine rings is 1. The van der Waals surface area contributed by atoms with Crippen molar-refractivity contribution in [2.75, 3.05) is 13.1 Å². The Morgan fingerprint density at radius 3 is 2.52 bits per heavy atom. The SMILES string of the molecule is O=C(c1cc(Cl)ccc1O)N1CCC(Cc2ccccc2)CC1.